The van der Waals surface area contributed by atoms with E-state index in [1.165, 1.54) is 12.4 Å². The van der Waals surface area contributed by atoms with Gasteiger partial charge in [0.15, 0.2) is 0 Å². The van der Waals surface area contributed by atoms with Crippen LogP contribution in [0.5, 0.6) is 0 Å². The van der Waals surface area contributed by atoms with Crippen LogP contribution in [0.2, 0.25) is 5.15 Å². The summed E-state index contributed by atoms with van der Waals surface area (Å²) in [6.45, 7) is 0. The van der Waals surface area contributed by atoms with Crippen molar-refractivity contribution in [2.24, 2.45) is 5.73 Å². The van der Waals surface area contributed by atoms with E-state index in [4.69, 9.17) is 22.7 Å². The number of halogens is 1. The Bertz CT molecular complexity index is 577. The molecule has 0 saturated heterocycles. The first-order valence-electron chi connectivity index (χ1n) is 4.59. The van der Waals surface area contributed by atoms with Gasteiger partial charge in [-0.1, -0.05) is 11.6 Å². The molecule has 0 fully saturated rings. The number of hydrogen-bond acceptors (Lipinski definition) is 4. The van der Waals surface area contributed by atoms with Crippen molar-refractivity contribution in [3.63, 3.8) is 0 Å². The molecule has 0 saturated carbocycles. The average Bonchev–Trinajstić information content (AvgIpc) is 2.30. The Morgan fingerprint density at radius 3 is 2.88 bits per heavy atom. The van der Waals surface area contributed by atoms with Crippen molar-refractivity contribution < 1.29 is 0 Å². The van der Waals surface area contributed by atoms with Gasteiger partial charge in [0, 0.05) is 29.7 Å². The van der Waals surface area contributed by atoms with Gasteiger partial charge in [0.25, 0.3) is 0 Å². The van der Waals surface area contributed by atoms with Crippen LogP contribution < -0.4 is 5.73 Å². The third-order valence-electron chi connectivity index (χ3n) is 2.17. The molecule has 3 N–H and O–H groups in total. The number of nitrogens with one attached hydrogen (secondary N) is 1. The van der Waals surface area contributed by atoms with E-state index in [0.717, 1.165) is 11.1 Å². The molecule has 0 aliphatic heterocycles. The maximum Gasteiger partial charge on any atom is 0.129 e. The Hall–Kier alpha value is -1.94. The van der Waals surface area contributed by atoms with Crippen LogP contribution in [0, 0.1) is 5.41 Å². The molecule has 0 spiro atoms. The summed E-state index contributed by atoms with van der Waals surface area (Å²) in [5.74, 6) is 0. The molecule has 80 valence electrons. The second kappa shape index (κ2) is 4.28. The Kier molecular flexibility index (Phi) is 2.83. The SMILES string of the molecule is N=C/C(=C\N)c1cnc2ccc(Cl)nc2c1. The van der Waals surface area contributed by atoms with Gasteiger partial charge < -0.3 is 11.1 Å². The summed E-state index contributed by atoms with van der Waals surface area (Å²) in [5, 5.41) is 7.62. The van der Waals surface area contributed by atoms with Gasteiger partial charge >= 0.3 is 0 Å². The van der Waals surface area contributed by atoms with Gasteiger partial charge in [-0.3, -0.25) is 4.98 Å². The van der Waals surface area contributed by atoms with Crippen LogP contribution in [0.25, 0.3) is 16.6 Å². The quantitative estimate of drug-likeness (QED) is 0.616. The van der Waals surface area contributed by atoms with Crippen molar-refractivity contribution >= 4 is 34.4 Å². The fourth-order valence-electron chi connectivity index (χ4n) is 1.37. The third-order valence-corrected chi connectivity index (χ3v) is 2.38. The summed E-state index contributed by atoms with van der Waals surface area (Å²) in [7, 11) is 0. The van der Waals surface area contributed by atoms with E-state index >= 15 is 0 Å². The number of aromatic nitrogens is 2. The molecule has 2 aromatic heterocycles. The molecule has 0 atom stereocenters. The number of pyridine rings is 2. The van der Waals surface area contributed by atoms with Gasteiger partial charge in [-0.2, -0.15) is 0 Å². The Morgan fingerprint density at radius 2 is 2.19 bits per heavy atom. The van der Waals surface area contributed by atoms with E-state index < -0.39 is 0 Å². The van der Waals surface area contributed by atoms with E-state index in [-0.39, 0.29) is 0 Å². The first kappa shape index (κ1) is 10.6. The fourth-order valence-corrected chi connectivity index (χ4v) is 1.52. The highest BCUT2D eigenvalue weighted by Gasteiger charge is 2.02. The van der Waals surface area contributed by atoms with Crippen molar-refractivity contribution in [3.05, 3.63) is 41.3 Å². The minimum absolute atomic E-state index is 0.416. The average molecular weight is 233 g/mol. The summed E-state index contributed by atoms with van der Waals surface area (Å²) in [4.78, 5) is 8.37. The van der Waals surface area contributed by atoms with Gasteiger partial charge in [0.05, 0.1) is 11.0 Å². The highest BCUT2D eigenvalue weighted by atomic mass is 35.5. The molecule has 0 aliphatic rings. The number of rotatable bonds is 2. The number of hydrogen-bond donors (Lipinski definition) is 2. The highest BCUT2D eigenvalue weighted by Crippen LogP contribution is 2.18. The lowest BCUT2D eigenvalue weighted by atomic mass is 10.1. The van der Waals surface area contributed by atoms with Crippen molar-refractivity contribution in [3.8, 4) is 0 Å². The molecular weight excluding hydrogens is 224 g/mol. The summed E-state index contributed by atoms with van der Waals surface area (Å²) in [6.07, 6.45) is 4.19. The summed E-state index contributed by atoms with van der Waals surface area (Å²) >= 11 is 5.80. The van der Waals surface area contributed by atoms with Gasteiger partial charge in [0.2, 0.25) is 0 Å². The normalized spacial score (nSPS) is 11.7. The molecule has 0 bridgehead atoms. The van der Waals surface area contributed by atoms with Crippen LogP contribution in [-0.4, -0.2) is 16.2 Å². The summed E-state index contributed by atoms with van der Waals surface area (Å²) < 4.78 is 0. The van der Waals surface area contributed by atoms with E-state index in [1.807, 2.05) is 0 Å². The molecule has 2 heterocycles. The molecule has 16 heavy (non-hydrogen) atoms. The minimum Gasteiger partial charge on any atom is -0.404 e. The topological polar surface area (TPSA) is 75.7 Å². The van der Waals surface area contributed by atoms with Crippen LogP contribution in [0.1, 0.15) is 5.56 Å². The van der Waals surface area contributed by atoms with Crippen molar-refractivity contribution in [2.45, 2.75) is 0 Å². The Morgan fingerprint density at radius 1 is 1.38 bits per heavy atom. The molecular formula is C11H9ClN4. The standard InChI is InChI=1S/C11H9ClN4/c12-11-2-1-9-10(16-11)3-7(6-15-9)8(4-13)5-14/h1-6,13H,14H2/b8-5+,13-4?. The zero-order chi connectivity index (χ0) is 11.5. The molecule has 0 radical (unpaired) electrons. The van der Waals surface area contributed by atoms with E-state index in [9.17, 15) is 0 Å². The Labute approximate surface area is 97.3 Å². The highest BCUT2D eigenvalue weighted by molar-refractivity contribution is 6.29. The molecule has 0 amide bonds. The molecule has 0 aromatic carbocycles. The molecule has 5 heteroatoms. The smallest absolute Gasteiger partial charge is 0.129 e. The second-order valence-corrected chi connectivity index (χ2v) is 3.55. The fraction of sp³-hybridized carbons (Fsp3) is 0. The lowest BCUT2D eigenvalue weighted by molar-refractivity contribution is 1.32. The van der Waals surface area contributed by atoms with Crippen LogP contribution in [0.4, 0.5) is 0 Å². The third kappa shape index (κ3) is 1.87. The largest absolute Gasteiger partial charge is 0.404 e. The van der Waals surface area contributed by atoms with Gasteiger partial charge in [-0.15, -0.1) is 0 Å². The summed E-state index contributed by atoms with van der Waals surface area (Å²) in [5.41, 5.74) is 8.19. The van der Waals surface area contributed by atoms with Gasteiger partial charge in [-0.25, -0.2) is 4.98 Å². The van der Waals surface area contributed by atoms with Gasteiger partial charge in [0.1, 0.15) is 5.15 Å². The minimum atomic E-state index is 0.416. The van der Waals surface area contributed by atoms with Crippen molar-refractivity contribution in [2.75, 3.05) is 0 Å². The zero-order valence-electron chi connectivity index (χ0n) is 8.31. The van der Waals surface area contributed by atoms with Crippen molar-refractivity contribution in [1.82, 2.24) is 9.97 Å². The van der Waals surface area contributed by atoms with E-state index in [1.54, 1.807) is 24.4 Å². The number of allylic oxidation sites excluding steroid dienone is 1. The van der Waals surface area contributed by atoms with Crippen LogP contribution >= 0.6 is 11.6 Å². The summed E-state index contributed by atoms with van der Waals surface area (Å²) in [6, 6.07) is 5.29. The maximum absolute atomic E-state index is 7.20. The van der Waals surface area contributed by atoms with Crippen LogP contribution in [0.3, 0.4) is 0 Å². The second-order valence-electron chi connectivity index (χ2n) is 3.16. The number of nitrogens with two attached hydrogens (primary N) is 1. The molecule has 2 aromatic rings. The van der Waals surface area contributed by atoms with Gasteiger partial charge in [-0.05, 0) is 18.2 Å². The van der Waals surface area contributed by atoms with Crippen LogP contribution in [0.15, 0.2) is 30.6 Å². The van der Waals surface area contributed by atoms with Crippen molar-refractivity contribution in [1.29, 1.82) is 5.41 Å². The molecule has 2 rings (SSSR count). The molecule has 0 aliphatic carbocycles. The molecule has 0 unspecified atom stereocenters. The predicted molar refractivity (Wildman–Crippen MR) is 65.5 cm³/mol. The first-order valence-corrected chi connectivity index (χ1v) is 4.97. The zero-order valence-corrected chi connectivity index (χ0v) is 9.07. The monoisotopic (exact) mass is 232 g/mol. The van der Waals surface area contributed by atoms with Crippen LogP contribution in [-0.2, 0) is 0 Å². The Balaban J connectivity index is 2.63. The number of fused-ring (bicyclic) bond motifs is 1. The van der Waals surface area contributed by atoms with E-state index in [2.05, 4.69) is 9.97 Å². The lowest BCUT2D eigenvalue weighted by Gasteiger charge is -2.02. The van der Waals surface area contributed by atoms with E-state index in [0.29, 0.717) is 16.2 Å². The molecule has 4 nitrogen and oxygen atoms in total. The maximum atomic E-state index is 7.20. The lowest BCUT2D eigenvalue weighted by Crippen LogP contribution is -1.93. The number of nitrogens with zero attached hydrogens (tertiary/aromatic N) is 2. The first-order chi connectivity index (χ1) is 7.74. The predicted octanol–water partition coefficient (Wildman–Crippen LogP) is 2.23.